The van der Waals surface area contributed by atoms with Crippen molar-refractivity contribution in [3.8, 4) is 0 Å². The van der Waals surface area contributed by atoms with Gasteiger partial charge in [0.2, 0.25) is 5.91 Å². The Hall–Kier alpha value is -1.13. The predicted molar refractivity (Wildman–Crippen MR) is 89.0 cm³/mol. The molecule has 4 heteroatoms. The summed E-state index contributed by atoms with van der Waals surface area (Å²) in [7, 11) is 0. The van der Waals surface area contributed by atoms with Crippen LogP contribution in [0.25, 0.3) is 6.08 Å². The van der Waals surface area contributed by atoms with Crippen LogP contribution >= 0.6 is 15.9 Å². The highest BCUT2D eigenvalue weighted by Crippen LogP contribution is 2.21. The molecule has 0 aliphatic carbocycles. The Bertz CT molecular complexity index is 528. The second-order valence-electron chi connectivity index (χ2n) is 5.58. The quantitative estimate of drug-likeness (QED) is 0.846. The number of hydrogen-bond donors (Lipinski definition) is 1. The van der Waals surface area contributed by atoms with E-state index in [4.69, 9.17) is 0 Å². The molecule has 1 aliphatic heterocycles. The molecule has 1 N–H and O–H groups in total. The van der Waals surface area contributed by atoms with E-state index in [1.54, 1.807) is 6.08 Å². The Kier molecular flexibility index (Phi) is 6.00. The summed E-state index contributed by atoms with van der Waals surface area (Å²) in [6, 6.07) is 6.02. The average Bonchev–Trinajstić information content (AvgIpc) is 2.71. The van der Waals surface area contributed by atoms with Gasteiger partial charge < -0.3 is 10.0 Å². The highest BCUT2D eigenvalue weighted by atomic mass is 79.9. The molecule has 1 fully saturated rings. The normalized spacial score (nSPS) is 19.8. The molecular weight excluding hydrogens is 330 g/mol. The Morgan fingerprint density at radius 3 is 2.95 bits per heavy atom. The number of likely N-dealkylation sites (tertiary alicyclic amines) is 1. The maximum atomic E-state index is 12.4. The number of aryl methyl sites for hydroxylation is 1. The van der Waals surface area contributed by atoms with E-state index in [-0.39, 0.29) is 18.6 Å². The van der Waals surface area contributed by atoms with Crippen molar-refractivity contribution in [2.24, 2.45) is 0 Å². The van der Waals surface area contributed by atoms with E-state index in [9.17, 15) is 9.90 Å². The van der Waals surface area contributed by atoms with Crippen LogP contribution in [0.1, 0.15) is 36.8 Å². The number of amides is 1. The molecule has 21 heavy (non-hydrogen) atoms. The maximum Gasteiger partial charge on any atom is 0.246 e. The van der Waals surface area contributed by atoms with E-state index < -0.39 is 0 Å². The summed E-state index contributed by atoms with van der Waals surface area (Å²) in [6.07, 6.45) is 7.58. The van der Waals surface area contributed by atoms with Gasteiger partial charge in [0.1, 0.15) is 0 Å². The fraction of sp³-hybridized carbons (Fsp3) is 0.471. The second-order valence-corrected chi connectivity index (χ2v) is 6.43. The van der Waals surface area contributed by atoms with Gasteiger partial charge in [0.05, 0.1) is 12.6 Å². The lowest BCUT2D eigenvalue weighted by Gasteiger charge is -2.27. The third-order valence-corrected chi connectivity index (χ3v) is 4.62. The monoisotopic (exact) mass is 351 g/mol. The van der Waals surface area contributed by atoms with Crippen molar-refractivity contribution in [3.63, 3.8) is 0 Å². The van der Waals surface area contributed by atoms with Crippen LogP contribution in [0, 0.1) is 6.92 Å². The molecule has 1 atom stereocenters. The zero-order valence-electron chi connectivity index (χ0n) is 12.4. The minimum Gasteiger partial charge on any atom is -0.394 e. The number of benzene rings is 1. The molecule has 1 saturated heterocycles. The standard InChI is InChI=1S/C17H22BrNO2/c1-13-6-7-14(16(18)11-13)8-9-17(21)19-10-4-2-3-5-15(19)12-20/h6-9,11,15,20H,2-5,10,12H2,1H3/b9-8+. The van der Waals surface area contributed by atoms with Crippen LogP contribution in [-0.2, 0) is 4.79 Å². The van der Waals surface area contributed by atoms with Gasteiger partial charge in [0.15, 0.2) is 0 Å². The topological polar surface area (TPSA) is 40.5 Å². The van der Waals surface area contributed by atoms with Crippen molar-refractivity contribution >= 4 is 27.9 Å². The zero-order chi connectivity index (χ0) is 15.2. The predicted octanol–water partition coefficient (Wildman–Crippen LogP) is 3.53. The molecule has 2 rings (SSSR count). The number of halogens is 1. The molecule has 1 unspecified atom stereocenters. The molecule has 114 valence electrons. The fourth-order valence-electron chi connectivity index (χ4n) is 2.68. The first kappa shape index (κ1) is 16.2. The first-order valence-electron chi connectivity index (χ1n) is 7.47. The van der Waals surface area contributed by atoms with E-state index in [1.165, 1.54) is 5.56 Å². The van der Waals surface area contributed by atoms with Crippen molar-refractivity contribution in [2.45, 2.75) is 38.6 Å². The third kappa shape index (κ3) is 4.42. The summed E-state index contributed by atoms with van der Waals surface area (Å²) >= 11 is 3.52. The first-order valence-corrected chi connectivity index (χ1v) is 8.27. The molecule has 0 radical (unpaired) electrons. The van der Waals surface area contributed by atoms with Crippen molar-refractivity contribution < 1.29 is 9.90 Å². The SMILES string of the molecule is Cc1ccc(/C=C/C(=O)N2CCCCCC2CO)c(Br)c1. The number of hydrogen-bond acceptors (Lipinski definition) is 2. The third-order valence-electron chi connectivity index (χ3n) is 3.93. The van der Waals surface area contributed by atoms with Crippen LogP contribution in [0.4, 0.5) is 0 Å². The summed E-state index contributed by atoms with van der Waals surface area (Å²) in [4.78, 5) is 14.2. The highest BCUT2D eigenvalue weighted by molar-refractivity contribution is 9.10. The summed E-state index contributed by atoms with van der Waals surface area (Å²) < 4.78 is 0.987. The average molecular weight is 352 g/mol. The van der Waals surface area contributed by atoms with Crippen molar-refractivity contribution in [3.05, 3.63) is 39.9 Å². The Morgan fingerprint density at radius 2 is 2.24 bits per heavy atom. The molecular formula is C17H22BrNO2. The van der Waals surface area contributed by atoms with Gasteiger partial charge in [0.25, 0.3) is 0 Å². The Balaban J connectivity index is 2.09. The van der Waals surface area contributed by atoms with E-state index in [2.05, 4.69) is 15.9 Å². The van der Waals surface area contributed by atoms with Crippen molar-refractivity contribution in [2.75, 3.05) is 13.2 Å². The first-order chi connectivity index (χ1) is 10.1. The molecule has 1 aliphatic rings. The van der Waals surface area contributed by atoms with Gasteiger partial charge in [-0.2, -0.15) is 0 Å². The van der Waals surface area contributed by atoms with Crippen LogP contribution in [0.5, 0.6) is 0 Å². The van der Waals surface area contributed by atoms with Crippen LogP contribution < -0.4 is 0 Å². The number of nitrogens with zero attached hydrogens (tertiary/aromatic N) is 1. The molecule has 1 heterocycles. The molecule has 3 nitrogen and oxygen atoms in total. The molecule has 1 aromatic rings. The number of aliphatic hydroxyl groups is 1. The summed E-state index contributed by atoms with van der Waals surface area (Å²) in [6.45, 7) is 2.82. The largest absolute Gasteiger partial charge is 0.394 e. The van der Waals surface area contributed by atoms with Crippen molar-refractivity contribution in [1.82, 2.24) is 4.90 Å². The van der Waals surface area contributed by atoms with Gasteiger partial charge in [-0.05, 0) is 43.0 Å². The molecule has 0 bridgehead atoms. The lowest BCUT2D eigenvalue weighted by molar-refractivity contribution is -0.129. The van der Waals surface area contributed by atoms with Crippen LogP contribution in [0.2, 0.25) is 0 Å². The summed E-state index contributed by atoms with van der Waals surface area (Å²) in [5.41, 5.74) is 2.17. The Labute approximate surface area is 134 Å². The smallest absolute Gasteiger partial charge is 0.246 e. The zero-order valence-corrected chi connectivity index (χ0v) is 14.0. The van der Waals surface area contributed by atoms with Gasteiger partial charge in [-0.3, -0.25) is 4.79 Å². The van der Waals surface area contributed by atoms with Crippen LogP contribution in [0.15, 0.2) is 28.7 Å². The lowest BCUT2D eigenvalue weighted by atomic mass is 10.1. The number of carbonyl (C=O) groups excluding carboxylic acids is 1. The van der Waals surface area contributed by atoms with Crippen LogP contribution in [0.3, 0.4) is 0 Å². The molecule has 1 aromatic carbocycles. The van der Waals surface area contributed by atoms with E-state index in [0.717, 1.165) is 42.3 Å². The van der Waals surface area contributed by atoms with Gasteiger partial charge >= 0.3 is 0 Å². The second kappa shape index (κ2) is 7.76. The van der Waals surface area contributed by atoms with Crippen LogP contribution in [-0.4, -0.2) is 35.1 Å². The molecule has 0 saturated carbocycles. The van der Waals surface area contributed by atoms with E-state index in [0.29, 0.717) is 0 Å². The molecule has 1 amide bonds. The van der Waals surface area contributed by atoms with Crippen molar-refractivity contribution in [1.29, 1.82) is 0 Å². The van der Waals surface area contributed by atoms with Gasteiger partial charge in [0, 0.05) is 17.1 Å². The Morgan fingerprint density at radius 1 is 1.43 bits per heavy atom. The molecule has 0 spiro atoms. The molecule has 0 aromatic heterocycles. The lowest BCUT2D eigenvalue weighted by Crippen LogP contribution is -2.41. The number of rotatable bonds is 3. The van der Waals surface area contributed by atoms with E-state index in [1.807, 2.05) is 36.1 Å². The minimum absolute atomic E-state index is 0.0107. The number of carbonyl (C=O) groups is 1. The highest BCUT2D eigenvalue weighted by Gasteiger charge is 2.23. The number of aliphatic hydroxyl groups excluding tert-OH is 1. The van der Waals surface area contributed by atoms with Gasteiger partial charge in [-0.1, -0.05) is 40.9 Å². The minimum atomic E-state index is -0.0360. The van der Waals surface area contributed by atoms with Gasteiger partial charge in [-0.25, -0.2) is 0 Å². The van der Waals surface area contributed by atoms with Gasteiger partial charge in [-0.15, -0.1) is 0 Å². The fourth-order valence-corrected chi connectivity index (χ4v) is 3.31. The maximum absolute atomic E-state index is 12.4. The summed E-state index contributed by atoms with van der Waals surface area (Å²) in [5.74, 6) is -0.0107. The van der Waals surface area contributed by atoms with E-state index >= 15 is 0 Å². The summed E-state index contributed by atoms with van der Waals surface area (Å²) in [5, 5.41) is 9.47.